The third kappa shape index (κ3) is 2.70. The average molecular weight is 374 g/mol. The number of halogens is 1. The Morgan fingerprint density at radius 2 is 1.79 bits per heavy atom. The average Bonchev–Trinajstić information content (AvgIpc) is 3.24. The quantitative estimate of drug-likeness (QED) is 0.546. The second kappa shape index (κ2) is 6.20. The number of benzene rings is 2. The Hall–Kier alpha value is -3.67. The van der Waals surface area contributed by atoms with E-state index in [-0.39, 0.29) is 17.7 Å². The number of ether oxygens (including phenoxy) is 1. The maximum atomic E-state index is 13.1. The molecular weight excluding hydrogens is 359 g/mol. The molecule has 0 radical (unpaired) electrons. The third-order valence-corrected chi connectivity index (χ3v) is 5.01. The first-order valence-corrected chi connectivity index (χ1v) is 8.89. The molecule has 5 rings (SSSR count). The number of nitrogens with one attached hydrogen (secondary N) is 1. The second-order valence-electron chi connectivity index (χ2n) is 6.79. The van der Waals surface area contributed by atoms with Crippen LogP contribution in [0, 0.1) is 5.82 Å². The topological polar surface area (TPSA) is 60.3 Å². The van der Waals surface area contributed by atoms with Crippen molar-refractivity contribution in [3.8, 4) is 11.1 Å². The van der Waals surface area contributed by atoms with Crippen LogP contribution < -0.4 is 5.32 Å². The Balaban J connectivity index is 1.52. The lowest BCUT2D eigenvalue weighted by Crippen LogP contribution is -2.15. The van der Waals surface area contributed by atoms with Crippen molar-refractivity contribution in [3.05, 3.63) is 77.4 Å². The SMILES string of the molecule is O=C1Nc2cc(-c3ccc(F)cc3)ccc2C1=Cn1cc2c(c1)C(=O)OCC2. The molecule has 3 aromatic rings. The number of carbonyl (C=O) groups excluding carboxylic acids is 2. The molecule has 28 heavy (non-hydrogen) atoms. The highest BCUT2D eigenvalue weighted by molar-refractivity contribution is 6.34. The summed E-state index contributed by atoms with van der Waals surface area (Å²) in [4.78, 5) is 24.3. The summed E-state index contributed by atoms with van der Waals surface area (Å²) in [5.41, 5.74) is 5.21. The summed E-state index contributed by atoms with van der Waals surface area (Å²) in [6, 6.07) is 11.9. The molecule has 2 aromatic carbocycles. The molecule has 138 valence electrons. The minimum Gasteiger partial charge on any atom is -0.462 e. The van der Waals surface area contributed by atoms with Crippen LogP contribution in [-0.2, 0) is 16.0 Å². The minimum absolute atomic E-state index is 0.208. The van der Waals surface area contributed by atoms with Crippen molar-refractivity contribution >= 4 is 29.3 Å². The number of anilines is 1. The molecule has 0 fully saturated rings. The van der Waals surface area contributed by atoms with Gasteiger partial charge in [0, 0.05) is 36.3 Å². The largest absolute Gasteiger partial charge is 0.462 e. The number of aromatic nitrogens is 1. The summed E-state index contributed by atoms with van der Waals surface area (Å²) in [6.07, 6.45) is 5.91. The molecule has 6 heteroatoms. The lowest BCUT2D eigenvalue weighted by Gasteiger charge is -2.09. The van der Waals surface area contributed by atoms with E-state index in [1.165, 1.54) is 12.1 Å². The number of amides is 1. The van der Waals surface area contributed by atoms with Crippen LogP contribution in [0.2, 0.25) is 0 Å². The van der Waals surface area contributed by atoms with Gasteiger partial charge in [-0.2, -0.15) is 0 Å². The number of hydrogen-bond donors (Lipinski definition) is 1. The summed E-state index contributed by atoms with van der Waals surface area (Å²) in [6.45, 7) is 0.377. The molecule has 0 saturated heterocycles. The molecule has 0 atom stereocenters. The summed E-state index contributed by atoms with van der Waals surface area (Å²) < 4.78 is 19.9. The van der Waals surface area contributed by atoms with Crippen LogP contribution in [0.3, 0.4) is 0 Å². The van der Waals surface area contributed by atoms with Crippen LogP contribution in [0.4, 0.5) is 10.1 Å². The van der Waals surface area contributed by atoms with Gasteiger partial charge in [0.15, 0.2) is 0 Å². The van der Waals surface area contributed by atoms with E-state index in [4.69, 9.17) is 4.74 Å². The van der Waals surface area contributed by atoms with E-state index in [0.29, 0.717) is 29.9 Å². The fraction of sp³-hybridized carbons (Fsp3) is 0.0909. The Morgan fingerprint density at radius 1 is 1.00 bits per heavy atom. The molecule has 2 aliphatic heterocycles. The highest BCUT2D eigenvalue weighted by atomic mass is 19.1. The number of fused-ring (bicyclic) bond motifs is 2. The molecule has 0 aliphatic carbocycles. The lowest BCUT2D eigenvalue weighted by atomic mass is 10.0. The third-order valence-electron chi connectivity index (χ3n) is 5.01. The van der Waals surface area contributed by atoms with Gasteiger partial charge in [-0.1, -0.05) is 24.3 Å². The zero-order chi connectivity index (χ0) is 19.3. The van der Waals surface area contributed by atoms with Gasteiger partial charge in [-0.05, 0) is 34.9 Å². The number of carbonyl (C=O) groups is 2. The summed E-state index contributed by atoms with van der Waals surface area (Å²) in [5, 5.41) is 2.87. The van der Waals surface area contributed by atoms with E-state index < -0.39 is 0 Å². The Morgan fingerprint density at radius 3 is 2.57 bits per heavy atom. The van der Waals surface area contributed by atoms with E-state index >= 15 is 0 Å². The zero-order valence-corrected chi connectivity index (χ0v) is 14.7. The molecular formula is C22H15FN2O3. The first-order chi connectivity index (χ1) is 13.6. The normalized spacial score (nSPS) is 16.5. The maximum Gasteiger partial charge on any atom is 0.339 e. The van der Waals surface area contributed by atoms with Crippen molar-refractivity contribution in [2.45, 2.75) is 6.42 Å². The molecule has 5 nitrogen and oxygen atoms in total. The van der Waals surface area contributed by atoms with Crippen molar-refractivity contribution in [3.63, 3.8) is 0 Å². The predicted octanol–water partition coefficient (Wildman–Crippen LogP) is 3.96. The lowest BCUT2D eigenvalue weighted by molar-refractivity contribution is -0.110. The van der Waals surface area contributed by atoms with Gasteiger partial charge < -0.3 is 14.6 Å². The number of cyclic esters (lactones) is 1. The smallest absolute Gasteiger partial charge is 0.339 e. The van der Waals surface area contributed by atoms with E-state index in [1.54, 1.807) is 29.1 Å². The monoisotopic (exact) mass is 374 g/mol. The predicted molar refractivity (Wildman–Crippen MR) is 103 cm³/mol. The molecule has 0 bridgehead atoms. The Labute approximate surface area is 160 Å². The van der Waals surface area contributed by atoms with Crippen LogP contribution in [0.1, 0.15) is 21.5 Å². The van der Waals surface area contributed by atoms with E-state index in [9.17, 15) is 14.0 Å². The van der Waals surface area contributed by atoms with Crippen molar-refractivity contribution in [2.75, 3.05) is 11.9 Å². The number of hydrogen-bond acceptors (Lipinski definition) is 3. The molecule has 3 heterocycles. The fourth-order valence-electron chi connectivity index (χ4n) is 3.60. The molecule has 2 aliphatic rings. The highest BCUT2D eigenvalue weighted by Crippen LogP contribution is 2.36. The maximum absolute atomic E-state index is 13.1. The molecule has 1 aromatic heterocycles. The van der Waals surface area contributed by atoms with Crippen LogP contribution in [0.25, 0.3) is 22.9 Å². The van der Waals surface area contributed by atoms with Gasteiger partial charge in [-0.15, -0.1) is 0 Å². The summed E-state index contributed by atoms with van der Waals surface area (Å²) in [7, 11) is 0. The molecule has 0 spiro atoms. The minimum atomic E-state index is -0.335. The van der Waals surface area contributed by atoms with Gasteiger partial charge in [0.05, 0.1) is 17.7 Å². The van der Waals surface area contributed by atoms with Crippen molar-refractivity contribution in [1.82, 2.24) is 4.57 Å². The molecule has 1 N–H and O–H groups in total. The van der Waals surface area contributed by atoms with Crippen LogP contribution in [0.15, 0.2) is 54.9 Å². The van der Waals surface area contributed by atoms with Gasteiger partial charge in [-0.3, -0.25) is 4.79 Å². The molecule has 0 saturated carbocycles. The van der Waals surface area contributed by atoms with Crippen molar-refractivity contribution in [1.29, 1.82) is 0 Å². The van der Waals surface area contributed by atoms with Gasteiger partial charge in [0.2, 0.25) is 0 Å². The van der Waals surface area contributed by atoms with Gasteiger partial charge >= 0.3 is 5.97 Å². The van der Waals surface area contributed by atoms with Crippen molar-refractivity contribution < 1.29 is 18.7 Å². The Kier molecular flexibility index (Phi) is 3.65. The van der Waals surface area contributed by atoms with Crippen LogP contribution in [0.5, 0.6) is 0 Å². The van der Waals surface area contributed by atoms with Crippen molar-refractivity contribution in [2.24, 2.45) is 0 Å². The summed E-state index contributed by atoms with van der Waals surface area (Å²) >= 11 is 0. The van der Waals surface area contributed by atoms with E-state index in [0.717, 1.165) is 22.3 Å². The second-order valence-corrected chi connectivity index (χ2v) is 6.79. The first kappa shape index (κ1) is 16.5. The van der Waals surface area contributed by atoms with Crippen LogP contribution >= 0.6 is 0 Å². The fourth-order valence-corrected chi connectivity index (χ4v) is 3.60. The molecule has 1 amide bonds. The zero-order valence-electron chi connectivity index (χ0n) is 14.7. The van der Waals surface area contributed by atoms with E-state index in [1.807, 2.05) is 24.4 Å². The standard InChI is InChI=1S/C22H15FN2O3/c23-16-4-1-13(2-5-16)14-3-6-17-19(21(26)24-20(17)9-14)12-25-10-15-7-8-28-22(27)18(15)11-25/h1-6,9-12H,7-8H2,(H,24,26). The Bertz CT molecular complexity index is 1160. The van der Waals surface area contributed by atoms with Gasteiger partial charge in [0.25, 0.3) is 5.91 Å². The van der Waals surface area contributed by atoms with Crippen LogP contribution in [-0.4, -0.2) is 23.1 Å². The van der Waals surface area contributed by atoms with Gasteiger partial charge in [0.1, 0.15) is 5.82 Å². The summed E-state index contributed by atoms with van der Waals surface area (Å²) in [5.74, 6) is -0.833. The first-order valence-electron chi connectivity index (χ1n) is 8.89. The molecule has 0 unspecified atom stereocenters. The number of esters is 1. The van der Waals surface area contributed by atoms with E-state index in [2.05, 4.69) is 5.32 Å². The number of rotatable bonds is 2. The van der Waals surface area contributed by atoms with Gasteiger partial charge in [-0.25, -0.2) is 9.18 Å². The number of nitrogens with zero attached hydrogens (tertiary/aromatic N) is 1. The highest BCUT2D eigenvalue weighted by Gasteiger charge is 2.26.